The molecule has 0 radical (unpaired) electrons. The SMILES string of the molecule is CC(C)N1CCCC2(CCN(C(=O)OC(C)(C)C)CC2)C1=O. The van der Waals surface area contributed by atoms with E-state index < -0.39 is 5.60 Å². The van der Waals surface area contributed by atoms with Crippen LogP contribution in [0.15, 0.2) is 0 Å². The van der Waals surface area contributed by atoms with Crippen LogP contribution in [-0.4, -0.2) is 53.1 Å². The van der Waals surface area contributed by atoms with Crippen molar-refractivity contribution in [2.24, 2.45) is 5.41 Å². The Balaban J connectivity index is 1.99. The van der Waals surface area contributed by atoms with Crippen LogP contribution in [0.4, 0.5) is 4.79 Å². The molecule has 0 N–H and O–H groups in total. The van der Waals surface area contributed by atoms with Gasteiger partial charge in [-0.05, 0) is 60.3 Å². The molecule has 5 heteroatoms. The topological polar surface area (TPSA) is 49.9 Å². The molecule has 0 bridgehead atoms. The van der Waals surface area contributed by atoms with Crippen molar-refractivity contribution in [3.05, 3.63) is 0 Å². The summed E-state index contributed by atoms with van der Waals surface area (Å²) >= 11 is 0. The van der Waals surface area contributed by atoms with Crippen molar-refractivity contribution in [2.45, 2.75) is 71.9 Å². The van der Waals surface area contributed by atoms with Crippen LogP contribution < -0.4 is 0 Å². The van der Waals surface area contributed by atoms with Crippen LogP contribution >= 0.6 is 0 Å². The van der Waals surface area contributed by atoms with E-state index in [9.17, 15) is 9.59 Å². The van der Waals surface area contributed by atoms with Gasteiger partial charge >= 0.3 is 6.09 Å². The van der Waals surface area contributed by atoms with E-state index in [0.717, 1.165) is 32.2 Å². The number of carbonyl (C=O) groups excluding carboxylic acids is 2. The molecule has 2 saturated heterocycles. The molecule has 0 aliphatic carbocycles. The number of amides is 2. The Morgan fingerprint density at radius 3 is 2.23 bits per heavy atom. The third kappa shape index (κ3) is 3.55. The molecular weight excluding hydrogens is 280 g/mol. The molecule has 2 aliphatic rings. The van der Waals surface area contributed by atoms with Gasteiger partial charge in [0.2, 0.25) is 5.91 Å². The summed E-state index contributed by atoms with van der Waals surface area (Å²) in [6, 6.07) is 0.258. The maximum absolute atomic E-state index is 12.8. The molecule has 0 aromatic rings. The zero-order valence-corrected chi connectivity index (χ0v) is 14.6. The Hall–Kier alpha value is -1.26. The fraction of sp³-hybridized carbons (Fsp3) is 0.882. The summed E-state index contributed by atoms with van der Waals surface area (Å²) in [6.45, 7) is 11.9. The van der Waals surface area contributed by atoms with Crippen molar-refractivity contribution in [1.82, 2.24) is 9.80 Å². The molecule has 5 nitrogen and oxygen atoms in total. The molecule has 2 amide bonds. The van der Waals surface area contributed by atoms with Gasteiger partial charge in [0.15, 0.2) is 0 Å². The van der Waals surface area contributed by atoms with E-state index >= 15 is 0 Å². The summed E-state index contributed by atoms with van der Waals surface area (Å²) in [7, 11) is 0. The summed E-state index contributed by atoms with van der Waals surface area (Å²) in [5, 5.41) is 0. The van der Waals surface area contributed by atoms with E-state index in [4.69, 9.17) is 4.74 Å². The molecule has 0 unspecified atom stereocenters. The van der Waals surface area contributed by atoms with Crippen molar-refractivity contribution in [1.29, 1.82) is 0 Å². The first-order valence-electron chi connectivity index (χ1n) is 8.44. The third-order valence-corrected chi connectivity index (χ3v) is 4.76. The number of hydrogen-bond acceptors (Lipinski definition) is 3. The van der Waals surface area contributed by atoms with Crippen LogP contribution in [0.25, 0.3) is 0 Å². The van der Waals surface area contributed by atoms with E-state index in [1.165, 1.54) is 0 Å². The first kappa shape index (κ1) is 17.1. The van der Waals surface area contributed by atoms with Crippen LogP contribution in [-0.2, 0) is 9.53 Å². The lowest BCUT2D eigenvalue weighted by molar-refractivity contribution is -0.152. The first-order valence-corrected chi connectivity index (χ1v) is 8.44. The first-order chi connectivity index (χ1) is 10.1. The molecule has 0 saturated carbocycles. The fourth-order valence-electron chi connectivity index (χ4n) is 3.50. The number of piperidine rings is 2. The van der Waals surface area contributed by atoms with Crippen LogP contribution in [0.3, 0.4) is 0 Å². The Morgan fingerprint density at radius 2 is 1.73 bits per heavy atom. The highest BCUT2D eigenvalue weighted by molar-refractivity contribution is 5.84. The highest BCUT2D eigenvalue weighted by atomic mass is 16.6. The Kier molecular flexibility index (Phi) is 4.73. The monoisotopic (exact) mass is 310 g/mol. The smallest absolute Gasteiger partial charge is 0.410 e. The minimum absolute atomic E-state index is 0.249. The Morgan fingerprint density at radius 1 is 1.14 bits per heavy atom. The van der Waals surface area contributed by atoms with E-state index in [2.05, 4.69) is 13.8 Å². The predicted molar refractivity (Wildman–Crippen MR) is 85.6 cm³/mol. The molecule has 126 valence electrons. The summed E-state index contributed by atoms with van der Waals surface area (Å²) in [4.78, 5) is 28.7. The van der Waals surface area contributed by atoms with Crippen LogP contribution in [0, 0.1) is 5.41 Å². The van der Waals surface area contributed by atoms with Gasteiger partial charge in [-0.1, -0.05) is 0 Å². The Bertz CT molecular complexity index is 432. The number of carbonyl (C=O) groups is 2. The summed E-state index contributed by atoms with van der Waals surface area (Å²) in [5.41, 5.74) is -0.720. The molecular formula is C17H30N2O3. The average molecular weight is 310 g/mol. The van der Waals surface area contributed by atoms with Gasteiger partial charge in [-0.25, -0.2) is 4.79 Å². The highest BCUT2D eigenvalue weighted by Crippen LogP contribution is 2.41. The molecule has 22 heavy (non-hydrogen) atoms. The number of nitrogens with zero attached hydrogens (tertiary/aromatic N) is 2. The quantitative estimate of drug-likeness (QED) is 0.748. The number of ether oxygens (including phenoxy) is 1. The van der Waals surface area contributed by atoms with Crippen molar-refractivity contribution in [3.63, 3.8) is 0 Å². The van der Waals surface area contributed by atoms with E-state index in [-0.39, 0.29) is 23.5 Å². The van der Waals surface area contributed by atoms with Crippen LogP contribution in [0.2, 0.25) is 0 Å². The van der Waals surface area contributed by atoms with Gasteiger partial charge in [0.25, 0.3) is 0 Å². The van der Waals surface area contributed by atoms with Crippen molar-refractivity contribution >= 4 is 12.0 Å². The highest BCUT2D eigenvalue weighted by Gasteiger charge is 2.47. The second kappa shape index (κ2) is 6.09. The number of hydrogen-bond donors (Lipinski definition) is 0. The van der Waals surface area contributed by atoms with Crippen molar-refractivity contribution < 1.29 is 14.3 Å². The summed E-state index contributed by atoms with van der Waals surface area (Å²) in [5.74, 6) is 0.289. The van der Waals surface area contributed by atoms with Crippen LogP contribution in [0.5, 0.6) is 0 Å². The molecule has 2 aliphatic heterocycles. The molecule has 2 rings (SSSR count). The van der Waals surface area contributed by atoms with Gasteiger partial charge < -0.3 is 14.5 Å². The second-order valence-corrected chi connectivity index (χ2v) is 7.94. The molecule has 2 heterocycles. The normalized spacial score (nSPS) is 22.4. The van der Waals surface area contributed by atoms with E-state index in [0.29, 0.717) is 13.1 Å². The van der Waals surface area contributed by atoms with E-state index in [1.807, 2.05) is 25.7 Å². The van der Waals surface area contributed by atoms with Gasteiger partial charge in [0.05, 0.1) is 5.41 Å². The second-order valence-electron chi connectivity index (χ2n) is 7.94. The molecule has 0 atom stereocenters. The summed E-state index contributed by atoms with van der Waals surface area (Å²) < 4.78 is 5.43. The van der Waals surface area contributed by atoms with Gasteiger partial charge in [0, 0.05) is 25.7 Å². The zero-order chi connectivity index (χ0) is 16.5. The maximum Gasteiger partial charge on any atom is 0.410 e. The minimum atomic E-state index is -0.471. The molecule has 1 spiro atoms. The van der Waals surface area contributed by atoms with Gasteiger partial charge in [0.1, 0.15) is 5.60 Å². The Labute approximate surface area is 134 Å². The lowest BCUT2D eigenvalue weighted by Crippen LogP contribution is -2.56. The minimum Gasteiger partial charge on any atom is -0.444 e. The number of rotatable bonds is 1. The molecule has 2 fully saturated rings. The summed E-state index contributed by atoms with van der Waals surface area (Å²) in [6.07, 6.45) is 3.28. The van der Waals surface area contributed by atoms with Gasteiger partial charge in [-0.3, -0.25) is 4.79 Å². The van der Waals surface area contributed by atoms with Gasteiger partial charge in [-0.2, -0.15) is 0 Å². The maximum atomic E-state index is 12.8. The molecule has 0 aromatic heterocycles. The standard InChI is InChI=1S/C17H30N2O3/c1-13(2)19-10-6-7-17(14(19)20)8-11-18(12-9-17)15(21)22-16(3,4)5/h13H,6-12H2,1-5H3. The van der Waals surface area contributed by atoms with Crippen LogP contribution in [0.1, 0.15) is 60.3 Å². The third-order valence-electron chi connectivity index (χ3n) is 4.76. The van der Waals surface area contributed by atoms with E-state index in [1.54, 1.807) is 4.90 Å². The predicted octanol–water partition coefficient (Wildman–Crippen LogP) is 3.03. The fourth-order valence-corrected chi connectivity index (χ4v) is 3.50. The van der Waals surface area contributed by atoms with Crippen molar-refractivity contribution in [3.8, 4) is 0 Å². The number of likely N-dealkylation sites (tertiary alicyclic amines) is 2. The zero-order valence-electron chi connectivity index (χ0n) is 14.6. The lowest BCUT2D eigenvalue weighted by Gasteiger charge is -2.47. The van der Waals surface area contributed by atoms with Gasteiger partial charge in [-0.15, -0.1) is 0 Å². The average Bonchev–Trinajstić information content (AvgIpc) is 2.40. The molecule has 0 aromatic carbocycles. The van der Waals surface area contributed by atoms with Crippen molar-refractivity contribution in [2.75, 3.05) is 19.6 Å². The largest absolute Gasteiger partial charge is 0.444 e. The lowest BCUT2D eigenvalue weighted by atomic mass is 9.71.